The second kappa shape index (κ2) is 9.35. The molecule has 0 saturated carbocycles. The highest BCUT2D eigenvalue weighted by atomic mass is 16.5. The molecule has 0 aromatic heterocycles. The monoisotopic (exact) mass is 267 g/mol. The molecule has 1 atom stereocenters. The quantitative estimate of drug-likeness (QED) is 0.623. The van der Waals surface area contributed by atoms with Gasteiger partial charge in [-0.05, 0) is 24.8 Å². The van der Waals surface area contributed by atoms with Crippen LogP contribution in [0.3, 0.4) is 0 Å². The Morgan fingerprint density at radius 3 is 2.58 bits per heavy atom. The molecule has 5 heteroatoms. The Bertz CT molecular complexity index is 356. The van der Waals surface area contributed by atoms with E-state index in [0.29, 0.717) is 12.8 Å². The Labute approximate surface area is 113 Å². The molecule has 0 aliphatic rings. The van der Waals surface area contributed by atoms with Gasteiger partial charge < -0.3 is 20.3 Å². The molecule has 0 fully saturated rings. The van der Waals surface area contributed by atoms with Crippen LogP contribution in [-0.4, -0.2) is 35.6 Å². The van der Waals surface area contributed by atoms with Crippen molar-refractivity contribution in [1.82, 2.24) is 5.32 Å². The number of unbranched alkanes of at least 4 members (excludes halogenated alkanes) is 1. The first-order valence-corrected chi connectivity index (χ1v) is 6.45. The fourth-order valence-corrected chi connectivity index (χ4v) is 1.64. The van der Waals surface area contributed by atoms with Crippen LogP contribution >= 0.6 is 0 Å². The molecule has 0 aliphatic carbocycles. The van der Waals surface area contributed by atoms with E-state index in [1.165, 1.54) is 0 Å². The zero-order chi connectivity index (χ0) is 13.9. The Balaban J connectivity index is 2.25. The van der Waals surface area contributed by atoms with Crippen molar-refractivity contribution in [2.75, 3.05) is 13.2 Å². The number of benzene rings is 1. The summed E-state index contributed by atoms with van der Waals surface area (Å²) in [4.78, 5) is 11.5. The fraction of sp³-hybridized carbons (Fsp3) is 0.500. The third-order valence-electron chi connectivity index (χ3n) is 2.72. The predicted molar refractivity (Wildman–Crippen MR) is 71.6 cm³/mol. The van der Waals surface area contributed by atoms with Gasteiger partial charge in [0, 0.05) is 6.61 Å². The molecular weight excluding hydrogens is 246 g/mol. The summed E-state index contributed by atoms with van der Waals surface area (Å²) in [5.41, 5.74) is 0.915. The third kappa shape index (κ3) is 6.79. The van der Waals surface area contributed by atoms with Gasteiger partial charge in [-0.2, -0.15) is 0 Å². The summed E-state index contributed by atoms with van der Waals surface area (Å²) < 4.78 is 5.06. The van der Waals surface area contributed by atoms with E-state index in [2.05, 4.69) is 5.32 Å². The van der Waals surface area contributed by atoms with Crippen molar-refractivity contribution < 1.29 is 19.7 Å². The number of hydrogen-bond donors (Lipinski definition) is 3. The lowest BCUT2D eigenvalue weighted by molar-refractivity contribution is 0.127. The van der Waals surface area contributed by atoms with Crippen LogP contribution in [0.5, 0.6) is 0 Å². The van der Waals surface area contributed by atoms with E-state index in [1.807, 2.05) is 30.3 Å². The molecule has 5 nitrogen and oxygen atoms in total. The van der Waals surface area contributed by atoms with Crippen LogP contribution in [0, 0.1) is 0 Å². The largest absolute Gasteiger partial charge is 0.445 e. The van der Waals surface area contributed by atoms with Gasteiger partial charge in [0.2, 0.25) is 0 Å². The first kappa shape index (κ1) is 15.5. The van der Waals surface area contributed by atoms with Crippen LogP contribution in [0.1, 0.15) is 24.8 Å². The molecule has 0 spiro atoms. The highest BCUT2D eigenvalue weighted by Crippen LogP contribution is 2.03. The minimum atomic E-state index is -0.535. The van der Waals surface area contributed by atoms with E-state index in [9.17, 15) is 4.79 Å². The molecule has 1 amide bonds. The summed E-state index contributed by atoms with van der Waals surface area (Å²) in [6.45, 7) is 0.198. The molecule has 3 N–H and O–H groups in total. The normalized spacial score (nSPS) is 11.9. The van der Waals surface area contributed by atoms with E-state index in [1.54, 1.807) is 0 Å². The summed E-state index contributed by atoms with van der Waals surface area (Å²) >= 11 is 0. The number of carbonyl (C=O) groups excluding carboxylic acids is 1. The molecule has 106 valence electrons. The van der Waals surface area contributed by atoms with E-state index >= 15 is 0 Å². The zero-order valence-electron chi connectivity index (χ0n) is 10.9. The van der Waals surface area contributed by atoms with E-state index in [0.717, 1.165) is 12.0 Å². The van der Waals surface area contributed by atoms with Crippen LogP contribution in [0.15, 0.2) is 30.3 Å². The minimum Gasteiger partial charge on any atom is -0.445 e. The number of carbonyl (C=O) groups is 1. The van der Waals surface area contributed by atoms with Crippen LogP contribution in [0.4, 0.5) is 4.79 Å². The number of amides is 1. The summed E-state index contributed by atoms with van der Waals surface area (Å²) in [5.74, 6) is 0. The van der Waals surface area contributed by atoms with Crippen LogP contribution in [0.25, 0.3) is 0 Å². The second-order valence-electron chi connectivity index (χ2n) is 4.30. The standard InChI is InChI=1S/C14H21NO4/c16-9-5-4-8-13(10-17)15-14(18)19-11-12-6-2-1-3-7-12/h1-3,6-7,13,16-17H,4-5,8-11H2,(H,15,18). The third-order valence-corrected chi connectivity index (χ3v) is 2.72. The van der Waals surface area contributed by atoms with E-state index in [-0.39, 0.29) is 25.9 Å². The number of aliphatic hydroxyl groups is 2. The number of nitrogens with one attached hydrogen (secondary N) is 1. The molecular formula is C14H21NO4. The predicted octanol–water partition coefficient (Wildman–Crippen LogP) is 1.44. The number of alkyl carbamates (subject to hydrolysis) is 1. The molecule has 0 heterocycles. The van der Waals surface area contributed by atoms with Crippen molar-refractivity contribution in [2.45, 2.75) is 31.9 Å². The number of aliphatic hydroxyl groups excluding tert-OH is 2. The van der Waals surface area contributed by atoms with Crippen molar-refractivity contribution in [2.24, 2.45) is 0 Å². The molecule has 1 rings (SSSR count). The van der Waals surface area contributed by atoms with E-state index < -0.39 is 6.09 Å². The molecule has 19 heavy (non-hydrogen) atoms. The lowest BCUT2D eigenvalue weighted by Gasteiger charge is -2.15. The minimum absolute atomic E-state index is 0.122. The lowest BCUT2D eigenvalue weighted by atomic mass is 10.1. The maximum Gasteiger partial charge on any atom is 0.407 e. The SMILES string of the molecule is O=C(NC(CO)CCCCO)OCc1ccccc1. The Hall–Kier alpha value is -1.59. The van der Waals surface area contributed by atoms with Gasteiger partial charge in [0.05, 0.1) is 12.6 Å². The Morgan fingerprint density at radius 1 is 1.21 bits per heavy atom. The van der Waals surface area contributed by atoms with Crippen molar-refractivity contribution in [3.05, 3.63) is 35.9 Å². The van der Waals surface area contributed by atoms with Crippen molar-refractivity contribution in [1.29, 1.82) is 0 Å². The molecule has 1 unspecified atom stereocenters. The van der Waals surface area contributed by atoms with Gasteiger partial charge in [0.15, 0.2) is 0 Å². The maximum absolute atomic E-state index is 11.5. The average Bonchev–Trinajstić information content (AvgIpc) is 2.45. The summed E-state index contributed by atoms with van der Waals surface area (Å²) in [7, 11) is 0. The highest BCUT2D eigenvalue weighted by molar-refractivity contribution is 5.67. The topological polar surface area (TPSA) is 78.8 Å². The Kier molecular flexibility index (Phi) is 7.62. The van der Waals surface area contributed by atoms with Crippen molar-refractivity contribution >= 4 is 6.09 Å². The summed E-state index contributed by atoms with van der Waals surface area (Å²) in [6, 6.07) is 9.07. The highest BCUT2D eigenvalue weighted by Gasteiger charge is 2.11. The van der Waals surface area contributed by atoms with Crippen LogP contribution < -0.4 is 5.32 Å². The van der Waals surface area contributed by atoms with Gasteiger partial charge in [-0.3, -0.25) is 0 Å². The average molecular weight is 267 g/mol. The van der Waals surface area contributed by atoms with Gasteiger partial charge >= 0.3 is 6.09 Å². The fourth-order valence-electron chi connectivity index (χ4n) is 1.64. The first-order chi connectivity index (χ1) is 9.26. The number of hydrogen-bond acceptors (Lipinski definition) is 4. The Morgan fingerprint density at radius 2 is 1.95 bits per heavy atom. The zero-order valence-corrected chi connectivity index (χ0v) is 10.9. The maximum atomic E-state index is 11.5. The molecule has 1 aromatic carbocycles. The molecule has 0 radical (unpaired) electrons. The summed E-state index contributed by atoms with van der Waals surface area (Å²) in [6.07, 6.45) is 1.50. The number of ether oxygens (including phenoxy) is 1. The van der Waals surface area contributed by atoms with Crippen molar-refractivity contribution in [3.63, 3.8) is 0 Å². The molecule has 1 aromatic rings. The smallest absolute Gasteiger partial charge is 0.407 e. The molecule has 0 bridgehead atoms. The molecule has 0 saturated heterocycles. The van der Waals surface area contributed by atoms with Crippen LogP contribution in [0.2, 0.25) is 0 Å². The van der Waals surface area contributed by atoms with Gasteiger partial charge in [-0.1, -0.05) is 30.3 Å². The second-order valence-corrected chi connectivity index (χ2v) is 4.30. The van der Waals surface area contributed by atoms with Gasteiger partial charge in [-0.15, -0.1) is 0 Å². The van der Waals surface area contributed by atoms with Crippen LogP contribution in [-0.2, 0) is 11.3 Å². The van der Waals surface area contributed by atoms with Gasteiger partial charge in [0.25, 0.3) is 0 Å². The first-order valence-electron chi connectivity index (χ1n) is 6.45. The van der Waals surface area contributed by atoms with Gasteiger partial charge in [0.1, 0.15) is 6.61 Å². The number of rotatable bonds is 8. The summed E-state index contributed by atoms with van der Waals surface area (Å²) in [5, 5.41) is 20.4. The van der Waals surface area contributed by atoms with E-state index in [4.69, 9.17) is 14.9 Å². The lowest BCUT2D eigenvalue weighted by Crippen LogP contribution is -2.37. The van der Waals surface area contributed by atoms with Gasteiger partial charge in [-0.25, -0.2) is 4.79 Å². The van der Waals surface area contributed by atoms with Crippen molar-refractivity contribution in [3.8, 4) is 0 Å². The molecule has 0 aliphatic heterocycles.